The van der Waals surface area contributed by atoms with Crippen molar-refractivity contribution in [1.29, 1.82) is 0 Å². The van der Waals surface area contributed by atoms with Gasteiger partial charge < -0.3 is 10.1 Å². The van der Waals surface area contributed by atoms with Crippen molar-refractivity contribution in [3.8, 4) is 0 Å². The van der Waals surface area contributed by atoms with Crippen LogP contribution in [-0.2, 0) is 11.2 Å². The Bertz CT molecular complexity index is 582. The third-order valence-corrected chi connectivity index (χ3v) is 2.86. The van der Waals surface area contributed by atoms with Crippen molar-refractivity contribution in [2.75, 3.05) is 17.7 Å². The fraction of sp³-hybridized carbons (Fsp3) is 0.200. The van der Waals surface area contributed by atoms with E-state index in [1.165, 1.54) is 12.7 Å². The summed E-state index contributed by atoms with van der Waals surface area (Å²) in [6.45, 7) is 2.11. The van der Waals surface area contributed by atoms with E-state index in [9.17, 15) is 4.79 Å². The topological polar surface area (TPSA) is 63.2 Å². The van der Waals surface area contributed by atoms with Crippen LogP contribution in [0.1, 0.15) is 12.5 Å². The van der Waals surface area contributed by atoms with Crippen LogP contribution in [0.5, 0.6) is 0 Å². The Morgan fingerprint density at radius 1 is 1.25 bits per heavy atom. The number of para-hydroxylation sites is 1. The van der Waals surface area contributed by atoms with E-state index in [4.69, 9.17) is 0 Å². The predicted octanol–water partition coefficient (Wildman–Crippen LogP) is 3.57. The smallest absolute Gasteiger partial charge is 0.412 e. The van der Waals surface area contributed by atoms with Crippen molar-refractivity contribution < 1.29 is 9.53 Å². The number of carbonyl (C=O) groups is 1. The summed E-state index contributed by atoms with van der Waals surface area (Å²) in [6, 6.07) is 11.7. The van der Waals surface area contributed by atoms with Gasteiger partial charge in [0.25, 0.3) is 0 Å². The minimum Gasteiger partial charge on any atom is -0.453 e. The van der Waals surface area contributed by atoms with Crippen LogP contribution in [-0.4, -0.2) is 18.2 Å². The van der Waals surface area contributed by atoms with Crippen molar-refractivity contribution in [2.24, 2.45) is 0 Å². The molecule has 20 heavy (non-hydrogen) atoms. The minimum absolute atomic E-state index is 0.450. The van der Waals surface area contributed by atoms with Crippen LogP contribution in [0.2, 0.25) is 0 Å². The third kappa shape index (κ3) is 3.47. The lowest BCUT2D eigenvalue weighted by Gasteiger charge is -2.11. The Morgan fingerprint density at radius 2 is 2.05 bits per heavy atom. The second-order valence-corrected chi connectivity index (χ2v) is 4.18. The molecule has 5 heteroatoms. The number of carbonyl (C=O) groups excluding carboxylic acids is 1. The summed E-state index contributed by atoms with van der Waals surface area (Å²) in [5.74, 6) is 0.450. The minimum atomic E-state index is -0.533. The number of hydrogen-bond acceptors (Lipinski definition) is 4. The zero-order chi connectivity index (χ0) is 14.4. The fourth-order valence-electron chi connectivity index (χ4n) is 1.80. The van der Waals surface area contributed by atoms with Crippen LogP contribution in [0.4, 0.5) is 22.0 Å². The highest BCUT2D eigenvalue weighted by Crippen LogP contribution is 2.21. The van der Waals surface area contributed by atoms with Gasteiger partial charge in [-0.25, -0.2) is 9.78 Å². The van der Waals surface area contributed by atoms with Gasteiger partial charge >= 0.3 is 6.09 Å². The molecule has 5 nitrogen and oxygen atoms in total. The number of aromatic nitrogens is 1. The van der Waals surface area contributed by atoms with Gasteiger partial charge in [-0.2, -0.15) is 0 Å². The molecule has 0 unspecified atom stereocenters. The first-order valence-electron chi connectivity index (χ1n) is 6.39. The number of hydrogen-bond donors (Lipinski definition) is 2. The van der Waals surface area contributed by atoms with Gasteiger partial charge in [-0.15, -0.1) is 0 Å². The van der Waals surface area contributed by atoms with Crippen molar-refractivity contribution in [2.45, 2.75) is 13.3 Å². The maximum atomic E-state index is 11.1. The summed E-state index contributed by atoms with van der Waals surface area (Å²) in [5.41, 5.74) is 3.16. The van der Waals surface area contributed by atoms with Gasteiger partial charge in [0, 0.05) is 5.69 Å². The van der Waals surface area contributed by atoms with Crippen LogP contribution in [0, 0.1) is 0 Å². The molecule has 0 aliphatic heterocycles. The highest BCUT2D eigenvalue weighted by atomic mass is 16.5. The maximum absolute atomic E-state index is 11.1. The van der Waals surface area contributed by atoms with Crippen molar-refractivity contribution in [1.82, 2.24) is 4.98 Å². The second kappa shape index (κ2) is 6.56. The molecule has 0 bridgehead atoms. The number of nitrogens with zero attached hydrogens (tertiary/aromatic N) is 1. The van der Waals surface area contributed by atoms with E-state index in [1.54, 1.807) is 12.3 Å². The molecule has 0 aliphatic carbocycles. The average Bonchev–Trinajstić information content (AvgIpc) is 2.49. The first-order valence-corrected chi connectivity index (χ1v) is 6.39. The number of ether oxygens (including phenoxy) is 1. The molecule has 0 saturated carbocycles. The van der Waals surface area contributed by atoms with Crippen LogP contribution in [0.3, 0.4) is 0 Å². The van der Waals surface area contributed by atoms with E-state index >= 15 is 0 Å². The van der Waals surface area contributed by atoms with Gasteiger partial charge in [0.2, 0.25) is 0 Å². The van der Waals surface area contributed by atoms with Gasteiger partial charge in [-0.1, -0.05) is 25.1 Å². The van der Waals surface area contributed by atoms with E-state index in [2.05, 4.69) is 33.3 Å². The number of pyridine rings is 1. The molecule has 104 valence electrons. The van der Waals surface area contributed by atoms with Crippen LogP contribution < -0.4 is 10.6 Å². The summed E-state index contributed by atoms with van der Waals surface area (Å²) in [7, 11) is 1.31. The average molecular weight is 271 g/mol. The second-order valence-electron chi connectivity index (χ2n) is 4.18. The van der Waals surface area contributed by atoms with Gasteiger partial charge in [0.15, 0.2) is 0 Å². The number of amides is 1. The standard InChI is InChI=1S/C15H17N3O2/c1-3-11-6-4-5-7-13(11)17-12-8-9-14(16-10-12)18-15(19)20-2/h4-10,17H,3H2,1-2H3,(H,16,18,19). The van der Waals surface area contributed by atoms with E-state index in [-0.39, 0.29) is 0 Å². The Kier molecular flexibility index (Phi) is 4.55. The molecule has 0 spiro atoms. The number of nitrogens with one attached hydrogen (secondary N) is 2. The van der Waals surface area contributed by atoms with Crippen LogP contribution in [0.25, 0.3) is 0 Å². The number of anilines is 3. The molecule has 1 amide bonds. The number of rotatable bonds is 4. The first-order chi connectivity index (χ1) is 9.72. The summed E-state index contributed by atoms with van der Waals surface area (Å²) in [4.78, 5) is 15.2. The molecular formula is C15H17N3O2. The zero-order valence-electron chi connectivity index (χ0n) is 11.5. The number of aryl methyl sites for hydroxylation is 1. The molecule has 0 saturated heterocycles. The van der Waals surface area contributed by atoms with Crippen molar-refractivity contribution >= 4 is 23.3 Å². The summed E-state index contributed by atoms with van der Waals surface area (Å²) in [5, 5.41) is 5.82. The summed E-state index contributed by atoms with van der Waals surface area (Å²) in [6.07, 6.45) is 2.09. The monoisotopic (exact) mass is 271 g/mol. The molecule has 1 aromatic carbocycles. The zero-order valence-corrected chi connectivity index (χ0v) is 11.5. The lowest BCUT2D eigenvalue weighted by Crippen LogP contribution is -2.11. The maximum Gasteiger partial charge on any atom is 0.412 e. The number of benzene rings is 1. The largest absolute Gasteiger partial charge is 0.453 e. The van der Waals surface area contributed by atoms with Crippen molar-refractivity contribution in [3.05, 3.63) is 48.2 Å². The Morgan fingerprint density at radius 3 is 2.70 bits per heavy atom. The molecule has 0 fully saturated rings. The molecule has 2 N–H and O–H groups in total. The van der Waals surface area contributed by atoms with E-state index in [0.717, 1.165) is 17.8 Å². The first kappa shape index (κ1) is 13.9. The lowest BCUT2D eigenvalue weighted by atomic mass is 10.1. The van der Waals surface area contributed by atoms with Gasteiger partial charge in [-0.3, -0.25) is 5.32 Å². The van der Waals surface area contributed by atoms with Crippen LogP contribution in [0.15, 0.2) is 42.6 Å². The van der Waals surface area contributed by atoms with E-state index in [1.807, 2.05) is 24.3 Å². The lowest BCUT2D eigenvalue weighted by molar-refractivity contribution is 0.187. The summed E-state index contributed by atoms with van der Waals surface area (Å²) < 4.78 is 4.50. The Hall–Kier alpha value is -2.56. The van der Waals surface area contributed by atoms with Crippen molar-refractivity contribution in [3.63, 3.8) is 0 Å². The fourth-order valence-corrected chi connectivity index (χ4v) is 1.80. The van der Waals surface area contributed by atoms with Crippen LogP contribution >= 0.6 is 0 Å². The van der Waals surface area contributed by atoms with Gasteiger partial charge in [0.1, 0.15) is 5.82 Å². The molecular weight excluding hydrogens is 254 g/mol. The molecule has 1 heterocycles. The molecule has 0 atom stereocenters. The number of methoxy groups -OCH3 is 1. The van der Waals surface area contributed by atoms with Gasteiger partial charge in [-0.05, 0) is 30.2 Å². The molecule has 2 aromatic rings. The normalized spacial score (nSPS) is 9.90. The Labute approximate surface area is 118 Å². The van der Waals surface area contributed by atoms with E-state index in [0.29, 0.717) is 5.82 Å². The molecule has 0 aliphatic rings. The van der Waals surface area contributed by atoms with Gasteiger partial charge in [0.05, 0.1) is 19.0 Å². The van der Waals surface area contributed by atoms with E-state index < -0.39 is 6.09 Å². The molecule has 2 rings (SSSR count). The predicted molar refractivity (Wildman–Crippen MR) is 79.4 cm³/mol. The third-order valence-electron chi connectivity index (χ3n) is 2.86. The Balaban J connectivity index is 2.09. The highest BCUT2D eigenvalue weighted by molar-refractivity contribution is 5.83. The molecule has 0 radical (unpaired) electrons. The highest BCUT2D eigenvalue weighted by Gasteiger charge is 2.03. The quantitative estimate of drug-likeness (QED) is 0.892. The SMILES string of the molecule is CCc1ccccc1Nc1ccc(NC(=O)OC)nc1. The summed E-state index contributed by atoms with van der Waals surface area (Å²) >= 11 is 0. The molecule has 1 aromatic heterocycles.